The zero-order chi connectivity index (χ0) is 18.1. The van der Waals surface area contributed by atoms with Gasteiger partial charge in [0, 0.05) is 11.9 Å². The Balaban J connectivity index is 2.02. The number of carbonyl (C=O) groups is 2. The van der Waals surface area contributed by atoms with Crippen molar-refractivity contribution in [3.05, 3.63) is 59.0 Å². The minimum Gasteiger partial charge on any atom is -0.507 e. The molecule has 25 heavy (non-hydrogen) atoms. The Morgan fingerprint density at radius 1 is 1.28 bits per heavy atom. The number of benzene rings is 1. The van der Waals surface area contributed by atoms with Crippen molar-refractivity contribution in [2.24, 2.45) is 0 Å². The number of anilines is 1. The fourth-order valence-electron chi connectivity index (χ4n) is 2.71. The summed E-state index contributed by atoms with van der Waals surface area (Å²) in [4.78, 5) is 28.4. The Morgan fingerprint density at radius 3 is 2.72 bits per heavy atom. The van der Waals surface area contributed by atoms with Gasteiger partial charge in [-0.15, -0.1) is 0 Å². The number of aromatic nitrogens is 2. The summed E-state index contributed by atoms with van der Waals surface area (Å²) in [5.74, 6) is -2.02. The molecule has 0 spiro atoms. The number of nitrogens with one attached hydrogen (secondary N) is 1. The summed E-state index contributed by atoms with van der Waals surface area (Å²) in [5, 5.41) is 21.3. The third-order valence-corrected chi connectivity index (χ3v) is 3.95. The topological polar surface area (TPSA) is 104 Å². The molecule has 0 aliphatic carbocycles. The molecule has 0 aliphatic rings. The molecule has 1 amide bonds. The number of rotatable bonds is 4. The normalized spacial score (nSPS) is 10.8. The predicted molar refractivity (Wildman–Crippen MR) is 92.3 cm³/mol. The summed E-state index contributed by atoms with van der Waals surface area (Å²) in [6, 6.07) is 7.65. The number of amides is 1. The van der Waals surface area contributed by atoms with Crippen LogP contribution in [0.4, 0.5) is 5.69 Å². The Morgan fingerprint density at radius 2 is 2.04 bits per heavy atom. The van der Waals surface area contributed by atoms with Crippen LogP contribution in [0, 0.1) is 6.92 Å². The van der Waals surface area contributed by atoms with Gasteiger partial charge in [0.15, 0.2) is 0 Å². The van der Waals surface area contributed by atoms with E-state index in [1.807, 2.05) is 26.0 Å². The van der Waals surface area contributed by atoms with Gasteiger partial charge in [0.25, 0.3) is 5.91 Å². The molecular formula is C18H17N3O4. The molecule has 7 nitrogen and oxygen atoms in total. The molecule has 0 radical (unpaired) electrons. The van der Waals surface area contributed by atoms with Gasteiger partial charge in [0.05, 0.1) is 5.69 Å². The van der Waals surface area contributed by atoms with Crippen molar-refractivity contribution in [3.63, 3.8) is 0 Å². The lowest BCUT2D eigenvalue weighted by Gasteiger charge is -2.08. The van der Waals surface area contributed by atoms with E-state index in [0.717, 1.165) is 5.56 Å². The summed E-state index contributed by atoms with van der Waals surface area (Å²) in [6.07, 6.45) is 2.35. The number of hydrogen-bond donors (Lipinski definition) is 3. The second kappa shape index (κ2) is 6.27. The van der Waals surface area contributed by atoms with Crippen LogP contribution >= 0.6 is 0 Å². The van der Waals surface area contributed by atoms with Crippen LogP contribution in [-0.4, -0.2) is 31.5 Å². The summed E-state index contributed by atoms with van der Waals surface area (Å²) < 4.78 is 1.72. The van der Waals surface area contributed by atoms with Crippen molar-refractivity contribution in [3.8, 4) is 5.75 Å². The molecule has 0 bridgehead atoms. The first-order valence-electron chi connectivity index (χ1n) is 7.76. The molecule has 3 N–H and O–H groups in total. The lowest BCUT2D eigenvalue weighted by molar-refractivity contribution is 0.0693. The Hall–Kier alpha value is -3.35. The van der Waals surface area contributed by atoms with E-state index in [2.05, 4.69) is 10.3 Å². The van der Waals surface area contributed by atoms with Crippen molar-refractivity contribution >= 4 is 23.2 Å². The van der Waals surface area contributed by atoms with Gasteiger partial charge in [-0.25, -0.2) is 9.78 Å². The number of phenols is 1. The highest BCUT2D eigenvalue weighted by Crippen LogP contribution is 2.23. The summed E-state index contributed by atoms with van der Waals surface area (Å²) >= 11 is 0. The van der Waals surface area contributed by atoms with Crippen LogP contribution in [0.1, 0.15) is 39.0 Å². The van der Waals surface area contributed by atoms with Crippen molar-refractivity contribution in [1.82, 2.24) is 9.38 Å². The fraction of sp³-hybridized carbons (Fsp3) is 0.167. The highest BCUT2D eigenvalue weighted by Gasteiger charge is 2.20. The highest BCUT2D eigenvalue weighted by atomic mass is 16.4. The van der Waals surface area contributed by atoms with Crippen LogP contribution in [0.5, 0.6) is 5.75 Å². The SMILES string of the molecule is CCc1nc2c(C)cccn2c1C(=O)Nc1ccc(O)c(C(=O)O)c1. The number of carboxylic acids is 1. The van der Waals surface area contributed by atoms with Crippen molar-refractivity contribution in [2.75, 3.05) is 5.32 Å². The Kier molecular flexibility index (Phi) is 4.14. The number of fused-ring (bicyclic) bond motifs is 1. The molecule has 0 fully saturated rings. The molecule has 2 heterocycles. The number of nitrogens with zero attached hydrogens (tertiary/aromatic N) is 2. The second-order valence-corrected chi connectivity index (χ2v) is 5.64. The van der Waals surface area contributed by atoms with Crippen LogP contribution < -0.4 is 5.32 Å². The first-order chi connectivity index (χ1) is 11.9. The number of imidazole rings is 1. The van der Waals surface area contributed by atoms with Crippen LogP contribution in [0.3, 0.4) is 0 Å². The van der Waals surface area contributed by atoms with Gasteiger partial charge in [0.1, 0.15) is 22.7 Å². The minimum absolute atomic E-state index is 0.275. The standard InChI is InChI=1S/C18H17N3O4/c1-3-13-15(21-8-4-5-10(2)16(21)20-13)17(23)19-11-6-7-14(22)12(9-11)18(24)25/h4-9,22H,3H2,1-2H3,(H,19,23)(H,24,25). The monoisotopic (exact) mass is 339 g/mol. The Labute approximate surface area is 143 Å². The van der Waals surface area contributed by atoms with E-state index < -0.39 is 11.9 Å². The number of pyridine rings is 1. The number of carboxylic acid groups (broad SMARTS) is 1. The van der Waals surface area contributed by atoms with Crippen LogP contribution in [-0.2, 0) is 6.42 Å². The average Bonchev–Trinajstić information content (AvgIpc) is 2.96. The second-order valence-electron chi connectivity index (χ2n) is 5.64. The predicted octanol–water partition coefficient (Wildman–Crippen LogP) is 2.86. The number of hydrogen-bond acceptors (Lipinski definition) is 4. The lowest BCUT2D eigenvalue weighted by atomic mass is 10.1. The van der Waals surface area contributed by atoms with Gasteiger partial charge in [-0.05, 0) is 43.2 Å². The Bertz CT molecular complexity index is 991. The molecule has 0 saturated heterocycles. The van der Waals surface area contributed by atoms with E-state index in [9.17, 15) is 14.7 Å². The molecule has 0 unspecified atom stereocenters. The summed E-state index contributed by atoms with van der Waals surface area (Å²) in [7, 11) is 0. The van der Waals surface area contributed by atoms with E-state index in [4.69, 9.17) is 5.11 Å². The molecule has 128 valence electrons. The van der Waals surface area contributed by atoms with E-state index in [1.54, 1.807) is 10.6 Å². The molecule has 0 aliphatic heterocycles. The van der Waals surface area contributed by atoms with Gasteiger partial charge < -0.3 is 15.5 Å². The first kappa shape index (κ1) is 16.5. The molecule has 0 saturated carbocycles. The molecule has 3 rings (SSSR count). The summed E-state index contributed by atoms with van der Waals surface area (Å²) in [6.45, 7) is 3.83. The van der Waals surface area contributed by atoms with Gasteiger partial charge in [-0.2, -0.15) is 0 Å². The van der Waals surface area contributed by atoms with Gasteiger partial charge in [-0.1, -0.05) is 13.0 Å². The maximum absolute atomic E-state index is 12.8. The fourth-order valence-corrected chi connectivity index (χ4v) is 2.71. The maximum atomic E-state index is 12.8. The largest absolute Gasteiger partial charge is 0.507 e. The van der Waals surface area contributed by atoms with Crippen LogP contribution in [0.25, 0.3) is 5.65 Å². The first-order valence-corrected chi connectivity index (χ1v) is 7.76. The smallest absolute Gasteiger partial charge is 0.339 e. The zero-order valence-corrected chi connectivity index (χ0v) is 13.8. The third kappa shape index (κ3) is 2.91. The van der Waals surface area contributed by atoms with Crippen molar-refractivity contribution in [2.45, 2.75) is 20.3 Å². The number of carbonyl (C=O) groups excluding carboxylic acids is 1. The van der Waals surface area contributed by atoms with Gasteiger partial charge in [0.2, 0.25) is 0 Å². The quantitative estimate of drug-likeness (QED) is 0.634. The van der Waals surface area contributed by atoms with E-state index in [1.165, 1.54) is 18.2 Å². The number of aryl methyl sites for hydroxylation is 2. The molecular weight excluding hydrogens is 322 g/mol. The number of aromatic hydroxyl groups is 1. The molecule has 3 aromatic rings. The van der Waals surface area contributed by atoms with E-state index in [-0.39, 0.29) is 17.0 Å². The van der Waals surface area contributed by atoms with Crippen LogP contribution in [0.15, 0.2) is 36.5 Å². The summed E-state index contributed by atoms with van der Waals surface area (Å²) in [5.41, 5.74) is 2.73. The van der Waals surface area contributed by atoms with Crippen molar-refractivity contribution < 1.29 is 19.8 Å². The zero-order valence-electron chi connectivity index (χ0n) is 13.8. The molecule has 2 aromatic heterocycles. The maximum Gasteiger partial charge on any atom is 0.339 e. The third-order valence-electron chi connectivity index (χ3n) is 3.95. The average molecular weight is 339 g/mol. The lowest BCUT2D eigenvalue weighted by Crippen LogP contribution is -2.16. The van der Waals surface area contributed by atoms with Gasteiger partial charge in [-0.3, -0.25) is 9.20 Å². The van der Waals surface area contributed by atoms with Gasteiger partial charge >= 0.3 is 5.97 Å². The molecule has 0 atom stereocenters. The van der Waals surface area contributed by atoms with Crippen LogP contribution in [0.2, 0.25) is 0 Å². The molecule has 7 heteroatoms. The highest BCUT2D eigenvalue weighted by molar-refractivity contribution is 6.05. The minimum atomic E-state index is -1.27. The number of aromatic carboxylic acids is 1. The van der Waals surface area contributed by atoms with E-state index in [0.29, 0.717) is 23.5 Å². The van der Waals surface area contributed by atoms with E-state index >= 15 is 0 Å². The van der Waals surface area contributed by atoms with Crippen molar-refractivity contribution in [1.29, 1.82) is 0 Å². The molecule has 1 aromatic carbocycles.